The summed E-state index contributed by atoms with van der Waals surface area (Å²) in [7, 11) is 1.39. The minimum Gasteiger partial charge on any atom is -0.467 e. The van der Waals surface area contributed by atoms with Gasteiger partial charge in [-0.2, -0.15) is 0 Å². The molecule has 0 spiro atoms. The van der Waals surface area contributed by atoms with E-state index in [2.05, 4.69) is 15.2 Å². The SMILES string of the molecule is COC(=O)c1ccccc1-n1cccc1[C@H]1[C@H](c2ccccn2)NC(=S)N1Cc1ccco1. The number of para-hydroxylation sites is 1. The Bertz CT molecular complexity index is 1270. The normalized spacial score (nSPS) is 17.7. The lowest BCUT2D eigenvalue weighted by Crippen LogP contribution is -2.30. The molecule has 2 atom stereocenters. The molecule has 1 saturated heterocycles. The van der Waals surface area contributed by atoms with Crippen LogP contribution in [0.3, 0.4) is 0 Å². The molecule has 0 saturated carbocycles. The zero-order chi connectivity index (χ0) is 22.8. The van der Waals surface area contributed by atoms with Crippen LogP contribution in [0.25, 0.3) is 5.69 Å². The van der Waals surface area contributed by atoms with E-state index in [4.69, 9.17) is 21.4 Å². The first-order valence-electron chi connectivity index (χ1n) is 10.5. The molecule has 0 unspecified atom stereocenters. The van der Waals surface area contributed by atoms with Gasteiger partial charge in [-0.3, -0.25) is 4.98 Å². The van der Waals surface area contributed by atoms with Crippen LogP contribution in [0.2, 0.25) is 0 Å². The number of pyridine rings is 1. The summed E-state index contributed by atoms with van der Waals surface area (Å²) in [5.41, 5.74) is 3.06. The highest BCUT2D eigenvalue weighted by atomic mass is 32.1. The Morgan fingerprint density at radius 3 is 2.73 bits per heavy atom. The van der Waals surface area contributed by atoms with Gasteiger partial charge in [-0.05, 0) is 60.7 Å². The Hall–Kier alpha value is -3.91. The van der Waals surface area contributed by atoms with E-state index in [1.165, 1.54) is 7.11 Å². The average molecular weight is 459 g/mol. The molecule has 1 aliphatic rings. The highest BCUT2D eigenvalue weighted by Crippen LogP contribution is 2.40. The highest BCUT2D eigenvalue weighted by molar-refractivity contribution is 7.80. The fourth-order valence-corrected chi connectivity index (χ4v) is 4.59. The maximum Gasteiger partial charge on any atom is 0.339 e. The van der Waals surface area contributed by atoms with Crippen LogP contribution in [0.5, 0.6) is 0 Å². The van der Waals surface area contributed by atoms with E-state index >= 15 is 0 Å². The van der Waals surface area contributed by atoms with Gasteiger partial charge in [0.2, 0.25) is 0 Å². The maximum absolute atomic E-state index is 12.5. The van der Waals surface area contributed by atoms with E-state index < -0.39 is 0 Å². The summed E-state index contributed by atoms with van der Waals surface area (Å²) in [6, 6.07) is 20.7. The summed E-state index contributed by atoms with van der Waals surface area (Å²) in [5, 5.41) is 4.06. The molecule has 4 aromatic rings. The van der Waals surface area contributed by atoms with Crippen LogP contribution in [-0.2, 0) is 11.3 Å². The smallest absolute Gasteiger partial charge is 0.339 e. The predicted octanol–water partition coefficient (Wildman–Crippen LogP) is 4.42. The topological polar surface area (TPSA) is 72.5 Å². The second kappa shape index (κ2) is 8.91. The molecule has 8 heteroatoms. The maximum atomic E-state index is 12.5. The molecule has 0 amide bonds. The molecular weight excluding hydrogens is 436 g/mol. The second-order valence-corrected chi connectivity index (χ2v) is 8.03. The van der Waals surface area contributed by atoms with Crippen LogP contribution in [0.1, 0.15) is 39.6 Å². The fourth-order valence-electron chi connectivity index (χ4n) is 4.29. The predicted molar refractivity (Wildman–Crippen MR) is 127 cm³/mol. The summed E-state index contributed by atoms with van der Waals surface area (Å²) >= 11 is 5.75. The number of esters is 1. The number of nitrogens with zero attached hydrogens (tertiary/aromatic N) is 3. The van der Waals surface area contributed by atoms with E-state index in [-0.39, 0.29) is 18.1 Å². The van der Waals surface area contributed by atoms with Crippen molar-refractivity contribution < 1.29 is 13.9 Å². The number of carbonyl (C=O) groups excluding carboxylic acids is 1. The van der Waals surface area contributed by atoms with Crippen LogP contribution in [0.4, 0.5) is 0 Å². The van der Waals surface area contributed by atoms with E-state index in [0.717, 1.165) is 22.8 Å². The van der Waals surface area contributed by atoms with Crippen molar-refractivity contribution in [1.29, 1.82) is 0 Å². The van der Waals surface area contributed by atoms with E-state index in [1.807, 2.05) is 71.4 Å². The molecule has 7 nitrogen and oxygen atoms in total. The summed E-state index contributed by atoms with van der Waals surface area (Å²) in [6.07, 6.45) is 5.37. The third kappa shape index (κ3) is 3.89. The number of rotatable bonds is 6. The Labute approximate surface area is 196 Å². The standard InChI is InChI=1S/C25H22N4O3S/c1-31-24(30)18-9-2-3-11-20(18)28-14-6-12-21(28)23-22(19-10-4-5-13-26-19)27-25(33)29(23)16-17-8-7-15-32-17/h2-15,22-23H,16H2,1H3,(H,27,33)/t22-,23-/m0/s1. The quantitative estimate of drug-likeness (QED) is 0.339. The second-order valence-electron chi connectivity index (χ2n) is 7.65. The van der Waals surface area contributed by atoms with E-state index in [9.17, 15) is 4.79 Å². The number of hydrogen-bond donors (Lipinski definition) is 1. The van der Waals surface area contributed by atoms with Crippen LogP contribution in [-0.4, -0.2) is 32.6 Å². The molecule has 5 rings (SSSR count). The number of furan rings is 1. The zero-order valence-corrected chi connectivity index (χ0v) is 18.7. The molecule has 4 heterocycles. The van der Waals surface area contributed by atoms with Gasteiger partial charge in [0.25, 0.3) is 0 Å². The molecule has 1 fully saturated rings. The van der Waals surface area contributed by atoms with Crippen LogP contribution in [0.15, 0.2) is 89.8 Å². The van der Waals surface area contributed by atoms with Gasteiger partial charge < -0.3 is 23.9 Å². The highest BCUT2D eigenvalue weighted by Gasteiger charge is 2.41. The molecule has 1 N–H and O–H groups in total. The van der Waals surface area contributed by atoms with Gasteiger partial charge in [0.1, 0.15) is 5.76 Å². The third-order valence-corrected chi connectivity index (χ3v) is 6.11. The van der Waals surface area contributed by atoms with Crippen molar-refractivity contribution in [3.63, 3.8) is 0 Å². The first-order valence-corrected chi connectivity index (χ1v) is 10.9. The summed E-state index contributed by atoms with van der Waals surface area (Å²) in [6.45, 7) is 0.497. The van der Waals surface area contributed by atoms with Gasteiger partial charge in [0.15, 0.2) is 5.11 Å². The van der Waals surface area contributed by atoms with Crippen molar-refractivity contribution in [1.82, 2.24) is 19.8 Å². The van der Waals surface area contributed by atoms with Crippen molar-refractivity contribution in [3.05, 3.63) is 108 Å². The van der Waals surface area contributed by atoms with Crippen molar-refractivity contribution in [2.24, 2.45) is 0 Å². The number of benzene rings is 1. The number of ether oxygens (including phenoxy) is 1. The Kier molecular flexibility index (Phi) is 5.66. The molecule has 166 valence electrons. The van der Waals surface area contributed by atoms with Gasteiger partial charge in [-0.1, -0.05) is 18.2 Å². The van der Waals surface area contributed by atoms with Crippen molar-refractivity contribution in [2.45, 2.75) is 18.6 Å². The summed E-state index contributed by atoms with van der Waals surface area (Å²) < 4.78 is 12.7. The molecule has 3 aromatic heterocycles. The van der Waals surface area contributed by atoms with Crippen molar-refractivity contribution in [3.8, 4) is 5.69 Å². The number of carbonyl (C=O) groups is 1. The van der Waals surface area contributed by atoms with Gasteiger partial charge in [-0.25, -0.2) is 4.79 Å². The molecule has 0 aliphatic carbocycles. The molecular formula is C25H22N4O3S. The van der Waals surface area contributed by atoms with Crippen LogP contribution in [0, 0.1) is 0 Å². The molecule has 1 aliphatic heterocycles. The average Bonchev–Trinajstić information content (AvgIpc) is 3.60. The summed E-state index contributed by atoms with van der Waals surface area (Å²) in [5.74, 6) is 0.415. The lowest BCUT2D eigenvalue weighted by Gasteiger charge is -2.28. The van der Waals surface area contributed by atoms with Crippen LogP contribution < -0.4 is 5.32 Å². The van der Waals surface area contributed by atoms with Crippen LogP contribution >= 0.6 is 12.2 Å². The number of hydrogen-bond acceptors (Lipinski definition) is 5. The number of thiocarbonyl (C=S) groups is 1. The van der Waals surface area contributed by atoms with Gasteiger partial charge >= 0.3 is 5.97 Å². The first kappa shape index (κ1) is 21.0. The van der Waals surface area contributed by atoms with Gasteiger partial charge in [0, 0.05) is 18.1 Å². The third-order valence-electron chi connectivity index (χ3n) is 5.76. The number of nitrogens with one attached hydrogen (secondary N) is 1. The molecule has 33 heavy (non-hydrogen) atoms. The van der Waals surface area contributed by atoms with E-state index in [1.54, 1.807) is 18.5 Å². The number of aromatic nitrogens is 2. The lowest BCUT2D eigenvalue weighted by molar-refractivity contribution is 0.0600. The Morgan fingerprint density at radius 1 is 1.12 bits per heavy atom. The van der Waals surface area contributed by atoms with Gasteiger partial charge in [-0.15, -0.1) is 0 Å². The van der Waals surface area contributed by atoms with Crippen molar-refractivity contribution >= 4 is 23.3 Å². The van der Waals surface area contributed by atoms with E-state index in [0.29, 0.717) is 17.2 Å². The van der Waals surface area contributed by atoms with Gasteiger partial charge in [0.05, 0.1) is 48.9 Å². The molecule has 0 radical (unpaired) electrons. The first-order chi connectivity index (χ1) is 16.2. The number of methoxy groups -OCH3 is 1. The molecule has 1 aromatic carbocycles. The summed E-state index contributed by atoms with van der Waals surface area (Å²) in [4.78, 5) is 19.2. The minimum absolute atomic E-state index is 0.187. The molecule has 0 bridgehead atoms. The lowest BCUT2D eigenvalue weighted by atomic mass is 10.0. The fraction of sp³-hybridized carbons (Fsp3) is 0.160. The Morgan fingerprint density at radius 2 is 1.97 bits per heavy atom. The Balaban J connectivity index is 1.63. The van der Waals surface area contributed by atoms with Crippen molar-refractivity contribution in [2.75, 3.05) is 7.11 Å². The minimum atomic E-state index is -0.390. The monoisotopic (exact) mass is 458 g/mol. The zero-order valence-electron chi connectivity index (χ0n) is 17.9. The largest absolute Gasteiger partial charge is 0.467 e.